The molecule has 2 amide bonds. The molecule has 4 rings (SSSR count). The second-order valence-corrected chi connectivity index (χ2v) is 8.15. The summed E-state index contributed by atoms with van der Waals surface area (Å²) in [4.78, 5) is 28.4. The molecule has 1 aliphatic rings. The van der Waals surface area contributed by atoms with Crippen molar-refractivity contribution in [3.05, 3.63) is 101 Å². The molecule has 3 aromatic carbocycles. The molecule has 0 radical (unpaired) electrons. The highest BCUT2D eigenvalue weighted by atomic mass is 35.5. The zero-order valence-electron chi connectivity index (χ0n) is 17.4. The number of nitrogens with zero attached hydrogens (tertiary/aromatic N) is 2. The first-order valence-corrected chi connectivity index (χ1v) is 10.8. The SMILES string of the molecule is NC(=O)c1ccc(N2CCN(C(=O)[C@H](O)c3ccccc3)C[C@H]2c2ccccc2)c(Cl)c1. The van der Waals surface area contributed by atoms with Crippen molar-refractivity contribution in [3.63, 3.8) is 0 Å². The van der Waals surface area contributed by atoms with Crippen LogP contribution in [0.3, 0.4) is 0 Å². The van der Waals surface area contributed by atoms with E-state index in [4.69, 9.17) is 17.3 Å². The Balaban J connectivity index is 1.63. The zero-order valence-corrected chi connectivity index (χ0v) is 18.2. The van der Waals surface area contributed by atoms with Crippen LogP contribution in [0.2, 0.25) is 5.02 Å². The summed E-state index contributed by atoms with van der Waals surface area (Å²) < 4.78 is 0. The topological polar surface area (TPSA) is 86.9 Å². The van der Waals surface area contributed by atoms with Crippen molar-refractivity contribution in [3.8, 4) is 0 Å². The highest BCUT2D eigenvalue weighted by Gasteiger charge is 2.34. The number of carbonyl (C=O) groups excluding carboxylic acids is 2. The van der Waals surface area contributed by atoms with E-state index in [1.807, 2.05) is 36.4 Å². The Morgan fingerprint density at radius 1 is 0.969 bits per heavy atom. The Morgan fingerprint density at radius 2 is 1.62 bits per heavy atom. The number of hydrogen-bond acceptors (Lipinski definition) is 4. The van der Waals surface area contributed by atoms with Gasteiger partial charge in [0.15, 0.2) is 6.10 Å². The summed E-state index contributed by atoms with van der Waals surface area (Å²) >= 11 is 6.52. The van der Waals surface area contributed by atoms with Crippen LogP contribution >= 0.6 is 11.6 Å². The fourth-order valence-electron chi connectivity index (χ4n) is 4.08. The highest BCUT2D eigenvalue weighted by Crippen LogP contribution is 2.36. The van der Waals surface area contributed by atoms with Gasteiger partial charge in [0.1, 0.15) is 0 Å². The maximum Gasteiger partial charge on any atom is 0.256 e. The summed E-state index contributed by atoms with van der Waals surface area (Å²) in [6.07, 6.45) is -1.21. The molecule has 0 saturated carbocycles. The Kier molecular flexibility index (Phi) is 6.44. The maximum atomic E-state index is 13.1. The summed E-state index contributed by atoms with van der Waals surface area (Å²) in [5.74, 6) is -0.865. The van der Waals surface area contributed by atoms with Crippen LogP contribution in [0.4, 0.5) is 5.69 Å². The van der Waals surface area contributed by atoms with E-state index >= 15 is 0 Å². The van der Waals surface area contributed by atoms with Crippen LogP contribution in [0.15, 0.2) is 78.9 Å². The summed E-state index contributed by atoms with van der Waals surface area (Å²) in [5.41, 5.74) is 8.08. The van der Waals surface area contributed by atoms with Gasteiger partial charge in [-0.2, -0.15) is 0 Å². The van der Waals surface area contributed by atoms with Crippen molar-refractivity contribution in [2.24, 2.45) is 5.73 Å². The van der Waals surface area contributed by atoms with E-state index < -0.39 is 12.0 Å². The third-order valence-electron chi connectivity index (χ3n) is 5.77. The predicted molar refractivity (Wildman–Crippen MR) is 124 cm³/mol. The molecule has 1 saturated heterocycles. The Morgan fingerprint density at radius 3 is 2.25 bits per heavy atom. The van der Waals surface area contributed by atoms with E-state index in [9.17, 15) is 14.7 Å². The van der Waals surface area contributed by atoms with Gasteiger partial charge in [0, 0.05) is 25.2 Å². The van der Waals surface area contributed by atoms with Crippen molar-refractivity contribution in [2.45, 2.75) is 12.1 Å². The highest BCUT2D eigenvalue weighted by molar-refractivity contribution is 6.33. The minimum absolute atomic E-state index is 0.172. The van der Waals surface area contributed by atoms with E-state index in [1.54, 1.807) is 47.4 Å². The molecule has 32 heavy (non-hydrogen) atoms. The average Bonchev–Trinajstić information content (AvgIpc) is 2.84. The standard InChI is InChI=1S/C25H24ClN3O3/c26-20-15-19(24(27)31)11-12-21(20)29-14-13-28(16-22(29)17-7-3-1-4-8-17)25(32)23(30)18-9-5-2-6-10-18/h1-12,15,22-23,30H,13-14,16H2,(H2,27,31)/t22-,23+/m0/s1. The van der Waals surface area contributed by atoms with E-state index in [0.29, 0.717) is 35.8 Å². The number of hydrogen-bond donors (Lipinski definition) is 2. The zero-order chi connectivity index (χ0) is 22.7. The first-order chi connectivity index (χ1) is 15.5. The van der Waals surface area contributed by atoms with Crippen molar-refractivity contribution in [1.29, 1.82) is 0 Å². The molecule has 1 fully saturated rings. The van der Waals surface area contributed by atoms with Crippen LogP contribution in [-0.2, 0) is 4.79 Å². The first-order valence-electron chi connectivity index (χ1n) is 10.4. The van der Waals surface area contributed by atoms with Gasteiger partial charge in [0.25, 0.3) is 5.91 Å². The number of aliphatic hydroxyl groups is 1. The third kappa shape index (κ3) is 4.47. The van der Waals surface area contributed by atoms with Gasteiger partial charge in [-0.25, -0.2) is 0 Å². The number of primary amides is 1. The number of anilines is 1. The smallest absolute Gasteiger partial charge is 0.256 e. The summed E-state index contributed by atoms with van der Waals surface area (Å²) in [6.45, 7) is 1.34. The van der Waals surface area contributed by atoms with Gasteiger partial charge in [-0.15, -0.1) is 0 Å². The van der Waals surface area contributed by atoms with Crippen LogP contribution in [0, 0.1) is 0 Å². The number of benzene rings is 3. The normalized spacial score (nSPS) is 17.1. The fraction of sp³-hybridized carbons (Fsp3) is 0.200. The van der Waals surface area contributed by atoms with E-state index in [2.05, 4.69) is 4.90 Å². The molecule has 2 atom stereocenters. The summed E-state index contributed by atoms with van der Waals surface area (Å²) in [7, 11) is 0. The monoisotopic (exact) mass is 449 g/mol. The lowest BCUT2D eigenvalue weighted by Crippen LogP contribution is -2.51. The van der Waals surface area contributed by atoms with Gasteiger partial charge in [0.05, 0.1) is 16.8 Å². The van der Waals surface area contributed by atoms with Crippen molar-refractivity contribution >= 4 is 29.1 Å². The first kappa shape index (κ1) is 21.9. The van der Waals surface area contributed by atoms with Crippen LogP contribution in [-0.4, -0.2) is 41.5 Å². The Bertz CT molecular complexity index is 1110. The lowest BCUT2D eigenvalue weighted by atomic mass is 9.99. The van der Waals surface area contributed by atoms with Gasteiger partial charge in [-0.1, -0.05) is 72.3 Å². The fourth-order valence-corrected chi connectivity index (χ4v) is 4.36. The second kappa shape index (κ2) is 9.42. The number of aliphatic hydroxyl groups excluding tert-OH is 1. The molecule has 0 aliphatic carbocycles. The number of rotatable bonds is 5. The largest absolute Gasteiger partial charge is 0.378 e. The van der Waals surface area contributed by atoms with Gasteiger partial charge in [-0.05, 0) is 29.3 Å². The lowest BCUT2D eigenvalue weighted by Gasteiger charge is -2.44. The maximum absolute atomic E-state index is 13.1. The van der Waals surface area contributed by atoms with Crippen LogP contribution < -0.4 is 10.6 Å². The molecular formula is C25H24ClN3O3. The quantitative estimate of drug-likeness (QED) is 0.623. The van der Waals surface area contributed by atoms with Crippen LogP contribution in [0.25, 0.3) is 0 Å². The molecule has 3 N–H and O–H groups in total. The average molecular weight is 450 g/mol. The second-order valence-electron chi connectivity index (χ2n) is 7.75. The van der Waals surface area contributed by atoms with Crippen molar-refractivity contribution in [2.75, 3.05) is 24.5 Å². The molecule has 164 valence electrons. The predicted octanol–water partition coefficient (Wildman–Crippen LogP) is 3.56. The molecule has 0 aromatic heterocycles. The molecule has 1 heterocycles. The number of piperazine rings is 1. The summed E-state index contributed by atoms with van der Waals surface area (Å²) in [5, 5.41) is 11.1. The van der Waals surface area contributed by atoms with Gasteiger partial charge in [-0.3, -0.25) is 9.59 Å². The molecule has 0 spiro atoms. The third-order valence-corrected chi connectivity index (χ3v) is 6.07. The minimum Gasteiger partial charge on any atom is -0.378 e. The minimum atomic E-state index is -1.21. The molecule has 0 bridgehead atoms. The van der Waals surface area contributed by atoms with Gasteiger partial charge in [0.2, 0.25) is 5.91 Å². The Labute approximate surface area is 191 Å². The van der Waals surface area contributed by atoms with Crippen LogP contribution in [0.1, 0.15) is 33.6 Å². The molecule has 1 aliphatic heterocycles. The summed E-state index contributed by atoms with van der Waals surface area (Å²) in [6, 6.07) is 23.6. The number of halogens is 1. The van der Waals surface area contributed by atoms with Crippen LogP contribution in [0.5, 0.6) is 0 Å². The molecule has 0 unspecified atom stereocenters. The number of carbonyl (C=O) groups is 2. The van der Waals surface area contributed by atoms with E-state index in [-0.39, 0.29) is 11.9 Å². The van der Waals surface area contributed by atoms with Crippen molar-refractivity contribution in [1.82, 2.24) is 4.90 Å². The molecule has 7 heteroatoms. The lowest BCUT2D eigenvalue weighted by molar-refractivity contribution is -0.141. The van der Waals surface area contributed by atoms with Crippen molar-refractivity contribution < 1.29 is 14.7 Å². The molecule has 6 nitrogen and oxygen atoms in total. The molecule has 3 aromatic rings. The van der Waals surface area contributed by atoms with Gasteiger partial charge < -0.3 is 20.6 Å². The van der Waals surface area contributed by atoms with Gasteiger partial charge >= 0.3 is 0 Å². The van der Waals surface area contributed by atoms with E-state index in [0.717, 1.165) is 11.3 Å². The van der Waals surface area contributed by atoms with E-state index in [1.165, 1.54) is 0 Å². The number of nitrogens with two attached hydrogens (primary N) is 1. The molecular weight excluding hydrogens is 426 g/mol. The number of amides is 2. The Hall–Kier alpha value is -3.35.